The zero-order chi connectivity index (χ0) is 20.1. The second-order valence-electron chi connectivity index (χ2n) is 6.25. The van der Waals surface area contributed by atoms with Gasteiger partial charge in [-0.2, -0.15) is 0 Å². The second kappa shape index (κ2) is 8.39. The van der Waals surface area contributed by atoms with E-state index in [1.165, 1.54) is 12.4 Å². The Bertz CT molecular complexity index is 987. The van der Waals surface area contributed by atoms with Crippen LogP contribution in [0, 0.1) is 13.8 Å². The van der Waals surface area contributed by atoms with Crippen molar-refractivity contribution in [2.45, 2.75) is 13.8 Å². The minimum atomic E-state index is -0.312. The zero-order valence-electron chi connectivity index (χ0n) is 16.2. The van der Waals surface area contributed by atoms with Crippen molar-refractivity contribution in [1.29, 1.82) is 0 Å². The molecule has 0 spiro atoms. The fourth-order valence-corrected chi connectivity index (χ4v) is 2.69. The maximum absolute atomic E-state index is 12.4. The second-order valence-corrected chi connectivity index (χ2v) is 6.25. The molecule has 7 nitrogen and oxygen atoms in total. The highest BCUT2D eigenvalue weighted by Gasteiger charge is 2.11. The fraction of sp³-hybridized carbons (Fsp3) is 0.190. The maximum Gasteiger partial charge on any atom is 0.275 e. The number of aromatic nitrogens is 2. The predicted molar refractivity (Wildman–Crippen MR) is 109 cm³/mol. The highest BCUT2D eigenvalue weighted by atomic mass is 16.5. The van der Waals surface area contributed by atoms with Crippen LogP contribution in [0.5, 0.6) is 11.5 Å². The molecule has 28 heavy (non-hydrogen) atoms. The molecule has 2 N–H and O–H groups in total. The van der Waals surface area contributed by atoms with E-state index in [1.807, 2.05) is 44.2 Å². The number of nitrogens with zero attached hydrogens (tertiary/aromatic N) is 2. The first-order valence-corrected chi connectivity index (χ1v) is 8.70. The normalized spacial score (nSPS) is 10.3. The Morgan fingerprint density at radius 3 is 2.36 bits per heavy atom. The monoisotopic (exact) mass is 378 g/mol. The van der Waals surface area contributed by atoms with Gasteiger partial charge in [0, 0.05) is 11.8 Å². The summed E-state index contributed by atoms with van der Waals surface area (Å²) in [7, 11) is 3.17. The van der Waals surface area contributed by atoms with Gasteiger partial charge >= 0.3 is 0 Å². The number of carbonyl (C=O) groups excluding carboxylic acids is 1. The van der Waals surface area contributed by atoms with Crippen LogP contribution >= 0.6 is 0 Å². The molecule has 0 bridgehead atoms. The third-order valence-corrected chi connectivity index (χ3v) is 4.19. The maximum atomic E-state index is 12.4. The van der Waals surface area contributed by atoms with Crippen molar-refractivity contribution in [2.75, 3.05) is 24.9 Å². The lowest BCUT2D eigenvalue weighted by Gasteiger charge is -2.12. The summed E-state index contributed by atoms with van der Waals surface area (Å²) in [5.41, 5.74) is 3.82. The lowest BCUT2D eigenvalue weighted by atomic mass is 10.1. The largest absolute Gasteiger partial charge is 0.497 e. The van der Waals surface area contributed by atoms with Crippen molar-refractivity contribution in [1.82, 2.24) is 9.97 Å². The van der Waals surface area contributed by atoms with Crippen molar-refractivity contribution in [3.8, 4) is 11.5 Å². The van der Waals surface area contributed by atoms with Gasteiger partial charge in [0.05, 0.1) is 32.3 Å². The number of aryl methyl sites for hydroxylation is 2. The van der Waals surface area contributed by atoms with Crippen LogP contribution < -0.4 is 20.1 Å². The Kier molecular flexibility index (Phi) is 5.74. The molecule has 0 unspecified atom stereocenters. The van der Waals surface area contributed by atoms with Gasteiger partial charge in [-0.15, -0.1) is 0 Å². The van der Waals surface area contributed by atoms with Crippen LogP contribution in [0.3, 0.4) is 0 Å². The minimum Gasteiger partial charge on any atom is -0.497 e. The van der Waals surface area contributed by atoms with Crippen LogP contribution in [0.25, 0.3) is 0 Å². The molecule has 0 aliphatic carbocycles. The van der Waals surface area contributed by atoms with Crippen LogP contribution in [0.2, 0.25) is 0 Å². The van der Waals surface area contributed by atoms with Crippen LogP contribution in [-0.4, -0.2) is 30.1 Å². The Balaban J connectivity index is 1.72. The Labute approximate surface area is 163 Å². The molecule has 0 radical (unpaired) electrons. The molecule has 1 heterocycles. The van der Waals surface area contributed by atoms with E-state index in [9.17, 15) is 4.79 Å². The lowest BCUT2D eigenvalue weighted by Crippen LogP contribution is -2.15. The SMILES string of the molecule is COc1ccc(Nc2cnc(C(=O)Nc3ccc(C)cc3C)cn2)c(OC)c1. The van der Waals surface area contributed by atoms with E-state index in [-0.39, 0.29) is 11.6 Å². The van der Waals surface area contributed by atoms with Gasteiger partial charge in [-0.05, 0) is 37.6 Å². The summed E-state index contributed by atoms with van der Waals surface area (Å²) >= 11 is 0. The summed E-state index contributed by atoms with van der Waals surface area (Å²) in [6, 6.07) is 11.2. The lowest BCUT2D eigenvalue weighted by molar-refractivity contribution is 0.102. The molecule has 0 fully saturated rings. The molecular weight excluding hydrogens is 356 g/mol. The molecule has 0 aliphatic rings. The van der Waals surface area contributed by atoms with Crippen molar-refractivity contribution < 1.29 is 14.3 Å². The third kappa shape index (κ3) is 4.37. The number of methoxy groups -OCH3 is 2. The molecule has 0 saturated heterocycles. The summed E-state index contributed by atoms with van der Waals surface area (Å²) in [5, 5.41) is 5.98. The highest BCUT2D eigenvalue weighted by molar-refractivity contribution is 6.03. The number of nitrogens with one attached hydrogen (secondary N) is 2. The third-order valence-electron chi connectivity index (χ3n) is 4.19. The number of amides is 1. The molecule has 0 saturated carbocycles. The van der Waals surface area contributed by atoms with Crippen molar-refractivity contribution in [3.05, 3.63) is 65.6 Å². The molecule has 0 atom stereocenters. The van der Waals surface area contributed by atoms with E-state index >= 15 is 0 Å². The number of carbonyl (C=O) groups is 1. The molecule has 7 heteroatoms. The van der Waals surface area contributed by atoms with Crippen LogP contribution in [0.15, 0.2) is 48.8 Å². The number of anilines is 3. The smallest absolute Gasteiger partial charge is 0.275 e. The average molecular weight is 378 g/mol. The molecule has 3 aromatic rings. The van der Waals surface area contributed by atoms with Gasteiger partial charge in [-0.1, -0.05) is 17.7 Å². The van der Waals surface area contributed by atoms with Crippen LogP contribution in [0.1, 0.15) is 21.6 Å². The molecule has 144 valence electrons. The molecular formula is C21H22N4O3. The van der Waals surface area contributed by atoms with E-state index in [4.69, 9.17) is 9.47 Å². The van der Waals surface area contributed by atoms with Gasteiger partial charge in [0.25, 0.3) is 5.91 Å². The average Bonchev–Trinajstić information content (AvgIpc) is 2.71. The Morgan fingerprint density at radius 2 is 1.71 bits per heavy atom. The highest BCUT2D eigenvalue weighted by Crippen LogP contribution is 2.30. The van der Waals surface area contributed by atoms with Gasteiger partial charge < -0.3 is 20.1 Å². The summed E-state index contributed by atoms with van der Waals surface area (Å²) in [6.07, 6.45) is 2.93. The molecule has 1 aromatic heterocycles. The van der Waals surface area contributed by atoms with Crippen LogP contribution in [-0.2, 0) is 0 Å². The molecule has 3 rings (SSSR count). The summed E-state index contributed by atoms with van der Waals surface area (Å²) in [6.45, 7) is 3.96. The quantitative estimate of drug-likeness (QED) is 0.671. The van der Waals surface area contributed by atoms with Crippen LogP contribution in [0.4, 0.5) is 17.2 Å². The fourth-order valence-electron chi connectivity index (χ4n) is 2.69. The standard InChI is InChI=1S/C21H22N4O3/c1-13-5-7-16(14(2)9-13)25-21(26)18-11-23-20(12-22-18)24-17-8-6-15(27-3)10-19(17)28-4/h5-12H,1-4H3,(H,23,24)(H,25,26). The predicted octanol–water partition coefficient (Wildman–Crippen LogP) is 4.11. The first-order valence-electron chi connectivity index (χ1n) is 8.70. The number of hydrogen-bond acceptors (Lipinski definition) is 6. The van der Waals surface area contributed by atoms with Crippen molar-refractivity contribution in [3.63, 3.8) is 0 Å². The topological polar surface area (TPSA) is 85.4 Å². The summed E-state index contributed by atoms with van der Waals surface area (Å²) in [4.78, 5) is 20.9. The summed E-state index contributed by atoms with van der Waals surface area (Å²) < 4.78 is 10.5. The minimum absolute atomic E-state index is 0.229. The number of ether oxygens (including phenoxy) is 2. The van der Waals surface area contributed by atoms with E-state index in [0.717, 1.165) is 16.8 Å². The molecule has 0 aliphatic heterocycles. The van der Waals surface area contributed by atoms with E-state index < -0.39 is 0 Å². The number of benzene rings is 2. The van der Waals surface area contributed by atoms with Gasteiger partial charge in [0.15, 0.2) is 0 Å². The molecule has 2 aromatic carbocycles. The first-order chi connectivity index (χ1) is 13.5. The van der Waals surface area contributed by atoms with Crippen molar-refractivity contribution in [2.24, 2.45) is 0 Å². The van der Waals surface area contributed by atoms with Gasteiger partial charge in [-0.3, -0.25) is 4.79 Å². The zero-order valence-corrected chi connectivity index (χ0v) is 16.2. The number of rotatable bonds is 6. The summed E-state index contributed by atoms with van der Waals surface area (Å²) in [5.74, 6) is 1.48. The molecule has 1 amide bonds. The van der Waals surface area contributed by atoms with Gasteiger partial charge in [0.2, 0.25) is 0 Å². The van der Waals surface area contributed by atoms with E-state index in [0.29, 0.717) is 23.0 Å². The van der Waals surface area contributed by atoms with E-state index in [1.54, 1.807) is 20.3 Å². The Morgan fingerprint density at radius 1 is 0.929 bits per heavy atom. The first kappa shape index (κ1) is 19.2. The Hall–Kier alpha value is -3.61. The number of hydrogen-bond donors (Lipinski definition) is 2. The van der Waals surface area contributed by atoms with Gasteiger partial charge in [0.1, 0.15) is 23.0 Å². The van der Waals surface area contributed by atoms with Crippen molar-refractivity contribution >= 4 is 23.1 Å². The van der Waals surface area contributed by atoms with Gasteiger partial charge in [-0.25, -0.2) is 9.97 Å². The van der Waals surface area contributed by atoms with E-state index in [2.05, 4.69) is 20.6 Å².